The quantitative estimate of drug-likeness (QED) is 0.918. The summed E-state index contributed by atoms with van der Waals surface area (Å²) in [5, 5.41) is 8.02. The predicted octanol–water partition coefficient (Wildman–Crippen LogP) is 1.23. The van der Waals surface area contributed by atoms with Gasteiger partial charge in [-0.3, -0.25) is 4.72 Å². The summed E-state index contributed by atoms with van der Waals surface area (Å²) in [6, 6.07) is 7.57. The normalized spacial score (nSPS) is 18.2. The van der Waals surface area contributed by atoms with Crippen LogP contribution < -0.4 is 4.72 Å². The van der Waals surface area contributed by atoms with Gasteiger partial charge in [0.25, 0.3) is 0 Å². The third kappa shape index (κ3) is 2.97. The van der Waals surface area contributed by atoms with E-state index in [4.69, 9.17) is 0 Å². The Bertz CT molecular complexity index is 752. The highest BCUT2D eigenvalue weighted by Gasteiger charge is 2.21. The maximum atomic E-state index is 11.8. The van der Waals surface area contributed by atoms with E-state index in [0.29, 0.717) is 11.6 Å². The first-order valence-corrected chi connectivity index (χ1v) is 8.56. The molecule has 0 unspecified atom stereocenters. The van der Waals surface area contributed by atoms with Gasteiger partial charge in [0.15, 0.2) is 0 Å². The van der Waals surface area contributed by atoms with Crippen LogP contribution in [0, 0.1) is 0 Å². The van der Waals surface area contributed by atoms with Crippen molar-refractivity contribution in [3.05, 3.63) is 42.0 Å². The fourth-order valence-corrected chi connectivity index (χ4v) is 3.21. The van der Waals surface area contributed by atoms with Crippen LogP contribution in [0.2, 0.25) is 0 Å². The lowest BCUT2D eigenvalue weighted by molar-refractivity contribution is 0.456. The molecule has 0 saturated carbocycles. The zero-order chi connectivity index (χ0) is 15.7. The Morgan fingerprint density at radius 2 is 2.00 bits per heavy atom. The number of hydrogen-bond donors (Lipinski definition) is 1. The molecule has 0 saturated heterocycles. The molecule has 1 N–H and O–H groups in total. The van der Waals surface area contributed by atoms with Gasteiger partial charge in [-0.25, -0.2) is 0 Å². The largest absolute Gasteiger partial charge is 0.317 e. The van der Waals surface area contributed by atoms with Crippen LogP contribution in [0.25, 0.3) is 0 Å². The number of rotatable bonds is 4. The second kappa shape index (κ2) is 5.69. The monoisotopic (exact) mass is 321 g/mol. The van der Waals surface area contributed by atoms with Crippen molar-refractivity contribution < 1.29 is 8.42 Å². The topological polar surface area (TPSA) is 80.1 Å². The van der Waals surface area contributed by atoms with E-state index in [1.165, 1.54) is 19.7 Å². The zero-order valence-corrected chi connectivity index (χ0v) is 13.4. The molecule has 1 atom stereocenters. The minimum absolute atomic E-state index is 0.406. The van der Waals surface area contributed by atoms with Crippen LogP contribution in [0.1, 0.15) is 23.7 Å². The van der Waals surface area contributed by atoms with Crippen LogP contribution in [0.3, 0.4) is 0 Å². The molecule has 0 amide bonds. The van der Waals surface area contributed by atoms with Crippen LogP contribution in [-0.2, 0) is 23.2 Å². The first-order chi connectivity index (χ1) is 10.5. The van der Waals surface area contributed by atoms with Gasteiger partial charge in [-0.1, -0.05) is 12.1 Å². The van der Waals surface area contributed by atoms with E-state index in [1.807, 2.05) is 12.1 Å². The van der Waals surface area contributed by atoms with Crippen LogP contribution in [0.5, 0.6) is 0 Å². The first kappa shape index (κ1) is 15.0. The lowest BCUT2D eigenvalue weighted by atomic mass is 9.91. The zero-order valence-electron chi connectivity index (χ0n) is 12.6. The molecule has 118 valence electrons. The van der Waals surface area contributed by atoms with Gasteiger partial charge in [-0.05, 0) is 24.1 Å². The van der Waals surface area contributed by atoms with Crippen LogP contribution in [-0.4, -0.2) is 41.6 Å². The van der Waals surface area contributed by atoms with Crippen molar-refractivity contribution in [2.75, 3.05) is 18.8 Å². The van der Waals surface area contributed by atoms with Gasteiger partial charge in [0.05, 0.1) is 0 Å². The Balaban J connectivity index is 1.73. The highest BCUT2D eigenvalue weighted by Crippen LogP contribution is 2.28. The lowest BCUT2D eigenvalue weighted by Gasteiger charge is -2.23. The maximum Gasteiger partial charge on any atom is 0.301 e. The summed E-state index contributed by atoms with van der Waals surface area (Å²) in [5.41, 5.74) is 1.77. The average Bonchev–Trinajstić information content (AvgIpc) is 2.95. The van der Waals surface area contributed by atoms with Gasteiger partial charge in [-0.2, -0.15) is 12.7 Å². The molecule has 22 heavy (non-hydrogen) atoms. The molecule has 0 radical (unpaired) electrons. The van der Waals surface area contributed by atoms with Crippen molar-refractivity contribution in [3.63, 3.8) is 0 Å². The van der Waals surface area contributed by atoms with Crippen molar-refractivity contribution in [2.24, 2.45) is 0 Å². The molecule has 7 nitrogen and oxygen atoms in total. The van der Waals surface area contributed by atoms with Gasteiger partial charge in [0.2, 0.25) is 0 Å². The standard InChI is InChI=1S/C14H19N5O2S/c1-18(2)22(20,21)17-13-6-3-11(4-7-13)12-5-8-14-16-15-10-19(14)9-12/h3-4,6-7,10,12,17H,5,8-9H2,1-2H3/t12-/m1/s1. The van der Waals surface area contributed by atoms with Gasteiger partial charge in [0, 0.05) is 38.7 Å². The summed E-state index contributed by atoms with van der Waals surface area (Å²) in [6.45, 7) is 0.866. The minimum Gasteiger partial charge on any atom is -0.317 e. The summed E-state index contributed by atoms with van der Waals surface area (Å²) in [7, 11) is -0.468. The Hall–Kier alpha value is -1.93. The highest BCUT2D eigenvalue weighted by atomic mass is 32.2. The minimum atomic E-state index is -3.46. The Morgan fingerprint density at radius 1 is 1.27 bits per heavy atom. The molecule has 0 fully saturated rings. The van der Waals surface area contributed by atoms with Crippen molar-refractivity contribution in [3.8, 4) is 0 Å². The summed E-state index contributed by atoms with van der Waals surface area (Å²) in [4.78, 5) is 0. The molecule has 1 aromatic carbocycles. The molecule has 1 aliphatic heterocycles. The van der Waals surface area contributed by atoms with Crippen molar-refractivity contribution in [1.29, 1.82) is 0 Å². The van der Waals surface area contributed by atoms with Crippen molar-refractivity contribution in [2.45, 2.75) is 25.3 Å². The fourth-order valence-electron chi connectivity index (χ4n) is 2.59. The Labute approximate surface area is 130 Å². The Kier molecular flexibility index (Phi) is 3.88. The van der Waals surface area contributed by atoms with E-state index in [2.05, 4.69) is 19.5 Å². The van der Waals surface area contributed by atoms with E-state index >= 15 is 0 Å². The second-order valence-electron chi connectivity index (χ2n) is 5.65. The summed E-state index contributed by atoms with van der Waals surface area (Å²) in [6.07, 6.45) is 3.71. The number of fused-ring (bicyclic) bond motifs is 1. The first-order valence-electron chi connectivity index (χ1n) is 7.12. The fraction of sp³-hybridized carbons (Fsp3) is 0.429. The SMILES string of the molecule is CN(C)S(=O)(=O)Nc1ccc([C@@H]2CCc3nncn3C2)cc1. The van der Waals surface area contributed by atoms with E-state index in [-0.39, 0.29) is 0 Å². The third-order valence-corrected chi connectivity index (χ3v) is 5.39. The van der Waals surface area contributed by atoms with E-state index in [9.17, 15) is 8.42 Å². The molecular weight excluding hydrogens is 302 g/mol. The number of aryl methyl sites for hydroxylation is 1. The molecule has 3 rings (SSSR count). The smallest absolute Gasteiger partial charge is 0.301 e. The molecule has 1 aromatic heterocycles. The van der Waals surface area contributed by atoms with Gasteiger partial charge in [-0.15, -0.1) is 10.2 Å². The molecule has 2 heterocycles. The molecule has 8 heteroatoms. The predicted molar refractivity (Wildman–Crippen MR) is 83.8 cm³/mol. The third-order valence-electron chi connectivity index (χ3n) is 3.94. The number of hydrogen-bond acceptors (Lipinski definition) is 4. The van der Waals surface area contributed by atoms with Gasteiger partial charge < -0.3 is 4.57 Å². The number of anilines is 1. The molecule has 0 aliphatic carbocycles. The van der Waals surface area contributed by atoms with Crippen LogP contribution in [0.4, 0.5) is 5.69 Å². The van der Waals surface area contributed by atoms with E-state index in [1.54, 1.807) is 18.5 Å². The Morgan fingerprint density at radius 3 is 2.68 bits per heavy atom. The number of aromatic nitrogens is 3. The number of nitrogens with one attached hydrogen (secondary N) is 1. The molecule has 0 spiro atoms. The van der Waals surface area contributed by atoms with Crippen LogP contribution >= 0.6 is 0 Å². The highest BCUT2D eigenvalue weighted by molar-refractivity contribution is 7.90. The van der Waals surface area contributed by atoms with Gasteiger partial charge in [0.1, 0.15) is 12.2 Å². The maximum absolute atomic E-state index is 11.8. The molecular formula is C14H19N5O2S. The average molecular weight is 321 g/mol. The molecule has 2 aromatic rings. The summed E-state index contributed by atoms with van der Waals surface area (Å²) in [5.74, 6) is 1.44. The van der Waals surface area contributed by atoms with Crippen molar-refractivity contribution in [1.82, 2.24) is 19.1 Å². The van der Waals surface area contributed by atoms with Gasteiger partial charge >= 0.3 is 10.2 Å². The summed E-state index contributed by atoms with van der Waals surface area (Å²) < 4.78 is 29.3. The van der Waals surface area contributed by atoms with E-state index < -0.39 is 10.2 Å². The van der Waals surface area contributed by atoms with Crippen LogP contribution in [0.15, 0.2) is 30.6 Å². The number of benzene rings is 1. The lowest BCUT2D eigenvalue weighted by Crippen LogP contribution is -2.28. The van der Waals surface area contributed by atoms with E-state index in [0.717, 1.165) is 29.5 Å². The number of nitrogens with zero attached hydrogens (tertiary/aromatic N) is 4. The van der Waals surface area contributed by atoms with Crippen molar-refractivity contribution >= 4 is 15.9 Å². The molecule has 0 bridgehead atoms. The molecule has 1 aliphatic rings. The summed E-state index contributed by atoms with van der Waals surface area (Å²) >= 11 is 0. The second-order valence-corrected chi connectivity index (χ2v) is 7.53.